The SMILES string of the molecule is O=C(c1ccc(Cl)cc1)N1CCC(NS(=O)(=O)c2cccs2)CC1. The molecule has 1 fully saturated rings. The van der Waals surface area contributed by atoms with Gasteiger partial charge in [-0.1, -0.05) is 17.7 Å². The van der Waals surface area contributed by atoms with Gasteiger partial charge in [0.25, 0.3) is 5.91 Å². The summed E-state index contributed by atoms with van der Waals surface area (Å²) in [6, 6.07) is 9.95. The molecule has 1 N–H and O–H groups in total. The molecule has 1 aromatic heterocycles. The van der Waals surface area contributed by atoms with Crippen LogP contribution in [0.2, 0.25) is 5.02 Å². The lowest BCUT2D eigenvalue weighted by Crippen LogP contribution is -2.46. The average Bonchev–Trinajstić information content (AvgIpc) is 3.11. The lowest BCUT2D eigenvalue weighted by Gasteiger charge is -2.32. The molecule has 0 bridgehead atoms. The number of piperidine rings is 1. The van der Waals surface area contributed by atoms with E-state index in [9.17, 15) is 13.2 Å². The Balaban J connectivity index is 1.58. The summed E-state index contributed by atoms with van der Waals surface area (Å²) in [5.41, 5.74) is 0.594. The highest BCUT2D eigenvalue weighted by Gasteiger charge is 2.27. The number of nitrogens with zero attached hydrogens (tertiary/aromatic N) is 1. The highest BCUT2D eigenvalue weighted by molar-refractivity contribution is 7.91. The summed E-state index contributed by atoms with van der Waals surface area (Å²) < 4.78 is 27.5. The van der Waals surface area contributed by atoms with Gasteiger partial charge in [-0.05, 0) is 48.6 Å². The normalized spacial score (nSPS) is 16.3. The summed E-state index contributed by atoms with van der Waals surface area (Å²) in [5, 5.41) is 2.33. The molecule has 1 aliphatic heterocycles. The van der Waals surface area contributed by atoms with E-state index in [1.807, 2.05) is 0 Å². The highest BCUT2D eigenvalue weighted by Crippen LogP contribution is 2.20. The van der Waals surface area contributed by atoms with Crippen molar-refractivity contribution >= 4 is 38.9 Å². The molecular formula is C16H17ClN2O3S2. The van der Waals surface area contributed by atoms with Crippen LogP contribution >= 0.6 is 22.9 Å². The van der Waals surface area contributed by atoms with E-state index in [4.69, 9.17) is 11.6 Å². The van der Waals surface area contributed by atoms with Crippen molar-refractivity contribution in [3.05, 3.63) is 52.4 Å². The van der Waals surface area contributed by atoms with Crippen molar-refractivity contribution in [2.45, 2.75) is 23.1 Å². The number of carbonyl (C=O) groups excluding carboxylic acids is 1. The summed E-state index contributed by atoms with van der Waals surface area (Å²) in [5.74, 6) is -0.0498. The van der Waals surface area contributed by atoms with Crippen LogP contribution < -0.4 is 4.72 Å². The molecule has 2 heterocycles. The van der Waals surface area contributed by atoms with Crippen molar-refractivity contribution in [1.29, 1.82) is 0 Å². The van der Waals surface area contributed by atoms with Crippen molar-refractivity contribution in [3.63, 3.8) is 0 Å². The largest absolute Gasteiger partial charge is 0.339 e. The number of sulfonamides is 1. The summed E-state index contributed by atoms with van der Waals surface area (Å²) in [4.78, 5) is 14.2. The molecule has 24 heavy (non-hydrogen) atoms. The average molecular weight is 385 g/mol. The van der Waals surface area contributed by atoms with E-state index in [0.29, 0.717) is 40.7 Å². The van der Waals surface area contributed by atoms with Crippen LogP contribution in [0.25, 0.3) is 0 Å². The zero-order valence-corrected chi connectivity index (χ0v) is 15.2. The Morgan fingerprint density at radius 3 is 2.42 bits per heavy atom. The van der Waals surface area contributed by atoms with E-state index in [1.165, 1.54) is 11.3 Å². The molecule has 1 saturated heterocycles. The van der Waals surface area contributed by atoms with E-state index in [1.54, 1.807) is 46.7 Å². The van der Waals surface area contributed by atoms with Crippen molar-refractivity contribution in [2.75, 3.05) is 13.1 Å². The molecule has 2 aromatic rings. The maximum absolute atomic E-state index is 12.4. The summed E-state index contributed by atoms with van der Waals surface area (Å²) in [6.45, 7) is 1.05. The van der Waals surface area contributed by atoms with Gasteiger partial charge in [0, 0.05) is 29.7 Å². The first-order valence-corrected chi connectivity index (χ1v) is 10.3. The minimum Gasteiger partial charge on any atom is -0.339 e. The predicted octanol–water partition coefficient (Wildman–Crippen LogP) is 2.98. The number of hydrogen-bond acceptors (Lipinski definition) is 4. The Morgan fingerprint density at radius 2 is 1.83 bits per heavy atom. The Morgan fingerprint density at radius 1 is 1.17 bits per heavy atom. The van der Waals surface area contributed by atoms with Gasteiger partial charge in [0.2, 0.25) is 10.0 Å². The molecule has 1 aliphatic rings. The number of rotatable bonds is 4. The second-order valence-electron chi connectivity index (χ2n) is 5.63. The topological polar surface area (TPSA) is 66.5 Å². The Hall–Kier alpha value is -1.41. The lowest BCUT2D eigenvalue weighted by atomic mass is 10.0. The van der Waals surface area contributed by atoms with Crippen LogP contribution in [0.15, 0.2) is 46.0 Å². The first-order chi connectivity index (χ1) is 11.5. The smallest absolute Gasteiger partial charge is 0.253 e. The van der Waals surface area contributed by atoms with Gasteiger partial charge in [-0.2, -0.15) is 0 Å². The van der Waals surface area contributed by atoms with Gasteiger partial charge in [0.15, 0.2) is 0 Å². The summed E-state index contributed by atoms with van der Waals surface area (Å²) in [7, 11) is -3.46. The van der Waals surface area contributed by atoms with Crippen LogP contribution in [0.3, 0.4) is 0 Å². The molecule has 8 heteroatoms. The first kappa shape index (κ1) is 17.4. The van der Waals surface area contributed by atoms with Gasteiger partial charge in [-0.15, -0.1) is 11.3 Å². The fourth-order valence-electron chi connectivity index (χ4n) is 2.67. The molecule has 0 spiro atoms. The Bertz CT molecular complexity index is 796. The minimum atomic E-state index is -3.46. The molecule has 0 saturated carbocycles. The van der Waals surface area contributed by atoms with Crippen molar-refractivity contribution in [1.82, 2.24) is 9.62 Å². The van der Waals surface area contributed by atoms with Crippen LogP contribution in [0, 0.1) is 0 Å². The zero-order valence-electron chi connectivity index (χ0n) is 12.8. The quantitative estimate of drug-likeness (QED) is 0.881. The number of hydrogen-bond donors (Lipinski definition) is 1. The molecular weight excluding hydrogens is 368 g/mol. The number of likely N-dealkylation sites (tertiary alicyclic amines) is 1. The zero-order chi connectivity index (χ0) is 17.2. The van der Waals surface area contributed by atoms with Gasteiger partial charge in [-0.3, -0.25) is 4.79 Å². The standard InChI is InChI=1S/C16H17ClN2O3S2/c17-13-5-3-12(4-6-13)16(20)19-9-7-14(8-10-19)18-24(21,22)15-2-1-11-23-15/h1-6,11,14,18H,7-10H2. The molecule has 0 unspecified atom stereocenters. The van der Waals surface area contributed by atoms with Crippen molar-refractivity contribution in [3.8, 4) is 0 Å². The summed E-state index contributed by atoms with van der Waals surface area (Å²) >= 11 is 7.03. The lowest BCUT2D eigenvalue weighted by molar-refractivity contribution is 0.0711. The van der Waals surface area contributed by atoms with Crippen molar-refractivity contribution in [2.24, 2.45) is 0 Å². The van der Waals surface area contributed by atoms with Crippen molar-refractivity contribution < 1.29 is 13.2 Å². The fraction of sp³-hybridized carbons (Fsp3) is 0.312. The van der Waals surface area contributed by atoms with Crippen LogP contribution in [0.1, 0.15) is 23.2 Å². The number of carbonyl (C=O) groups is 1. The Labute approximate surface area is 150 Å². The Kier molecular flexibility index (Phi) is 5.24. The number of nitrogens with one attached hydrogen (secondary N) is 1. The predicted molar refractivity (Wildman–Crippen MR) is 95.0 cm³/mol. The third-order valence-electron chi connectivity index (χ3n) is 3.96. The van der Waals surface area contributed by atoms with Gasteiger partial charge in [0.1, 0.15) is 4.21 Å². The molecule has 5 nitrogen and oxygen atoms in total. The van der Waals surface area contributed by atoms with E-state index >= 15 is 0 Å². The second kappa shape index (κ2) is 7.23. The molecule has 0 aliphatic carbocycles. The number of amides is 1. The van der Waals surface area contributed by atoms with Gasteiger partial charge in [-0.25, -0.2) is 13.1 Å². The molecule has 1 aromatic carbocycles. The maximum Gasteiger partial charge on any atom is 0.253 e. The third kappa shape index (κ3) is 3.97. The van der Waals surface area contributed by atoms with Crippen LogP contribution in [-0.4, -0.2) is 38.4 Å². The van der Waals surface area contributed by atoms with Crippen LogP contribution in [0.4, 0.5) is 0 Å². The molecule has 128 valence electrons. The number of benzene rings is 1. The van der Waals surface area contributed by atoms with Crippen LogP contribution in [0.5, 0.6) is 0 Å². The van der Waals surface area contributed by atoms with E-state index < -0.39 is 10.0 Å². The van der Waals surface area contributed by atoms with Crippen LogP contribution in [-0.2, 0) is 10.0 Å². The second-order valence-corrected chi connectivity index (χ2v) is 8.95. The number of thiophene rings is 1. The fourth-order valence-corrected chi connectivity index (χ4v) is 5.11. The first-order valence-electron chi connectivity index (χ1n) is 7.56. The van der Waals surface area contributed by atoms with Gasteiger partial charge < -0.3 is 4.90 Å². The third-order valence-corrected chi connectivity index (χ3v) is 7.13. The number of halogens is 1. The summed E-state index contributed by atoms with van der Waals surface area (Å²) in [6.07, 6.45) is 1.20. The molecule has 0 radical (unpaired) electrons. The minimum absolute atomic E-state index is 0.0498. The highest BCUT2D eigenvalue weighted by atomic mass is 35.5. The molecule has 3 rings (SSSR count). The van der Waals surface area contributed by atoms with E-state index in [0.717, 1.165) is 0 Å². The van der Waals surface area contributed by atoms with E-state index in [-0.39, 0.29) is 11.9 Å². The molecule has 1 amide bonds. The van der Waals surface area contributed by atoms with Gasteiger partial charge >= 0.3 is 0 Å². The monoisotopic (exact) mass is 384 g/mol. The van der Waals surface area contributed by atoms with E-state index in [2.05, 4.69) is 4.72 Å². The molecule has 0 atom stereocenters. The maximum atomic E-state index is 12.4. The van der Waals surface area contributed by atoms with Gasteiger partial charge in [0.05, 0.1) is 0 Å².